The zero-order chi connectivity index (χ0) is 42.9. The van der Waals surface area contributed by atoms with Crippen molar-refractivity contribution in [2.45, 2.75) is 25.2 Å². The zero-order valence-electron chi connectivity index (χ0n) is 32.6. The van der Waals surface area contributed by atoms with Gasteiger partial charge in [-0.15, -0.1) is 0 Å². The predicted molar refractivity (Wildman–Crippen MR) is 230 cm³/mol. The van der Waals surface area contributed by atoms with Crippen LogP contribution >= 0.6 is 0 Å². The highest BCUT2D eigenvalue weighted by atomic mass is 19.4. The molecule has 0 bridgehead atoms. The van der Waals surface area contributed by atoms with Crippen LogP contribution in [0.3, 0.4) is 0 Å². The summed E-state index contributed by atoms with van der Waals surface area (Å²) in [6.45, 7) is 0. The predicted octanol–water partition coefficient (Wildman–Crippen LogP) is 14.1. The minimum atomic E-state index is -5.14. The zero-order valence-corrected chi connectivity index (χ0v) is 32.6. The number of benzene rings is 7. The summed E-state index contributed by atoms with van der Waals surface area (Å²) in [5, 5.41) is 0.579. The second kappa shape index (κ2) is 14.6. The molecule has 2 heterocycles. The first-order valence-electron chi connectivity index (χ1n) is 19.9. The van der Waals surface area contributed by atoms with Gasteiger partial charge in [0.15, 0.2) is 0 Å². The Balaban J connectivity index is 1.23. The summed E-state index contributed by atoms with van der Waals surface area (Å²) in [6.07, 6.45) is -5.25. The number of nitrogens with zero attached hydrogens (tertiary/aromatic N) is 2. The van der Waals surface area contributed by atoms with Crippen LogP contribution in [0.25, 0.3) is 67.2 Å². The van der Waals surface area contributed by atoms with Crippen LogP contribution in [0.4, 0.5) is 32.0 Å². The van der Waals surface area contributed by atoms with E-state index in [0.29, 0.717) is 46.8 Å². The van der Waals surface area contributed by atoms with Crippen LogP contribution in [0.5, 0.6) is 0 Å². The Hall–Kier alpha value is -7.46. The molecule has 1 aliphatic carbocycles. The molecule has 7 aromatic carbocycles. The summed E-state index contributed by atoms with van der Waals surface area (Å²) >= 11 is 0. The second-order valence-corrected chi connectivity index (χ2v) is 15.3. The summed E-state index contributed by atoms with van der Waals surface area (Å²) in [7, 11) is 0. The van der Waals surface area contributed by atoms with Gasteiger partial charge < -0.3 is 4.57 Å². The van der Waals surface area contributed by atoms with E-state index in [1.165, 1.54) is 11.0 Å². The van der Waals surface area contributed by atoms with Crippen LogP contribution in [0.1, 0.15) is 49.5 Å². The van der Waals surface area contributed by atoms with Gasteiger partial charge in [-0.2, -0.15) is 26.3 Å². The topological polar surface area (TPSA) is 42.3 Å². The van der Waals surface area contributed by atoms with Crippen LogP contribution in [0, 0.1) is 0 Å². The fraction of sp³-hybridized carbons (Fsp3) is 0.0769. The van der Waals surface area contributed by atoms with Crippen LogP contribution < -0.4 is 4.90 Å². The maximum atomic E-state index is 15.4. The molecule has 10 rings (SSSR count). The number of rotatable bonds is 6. The Morgan fingerprint density at radius 2 is 1.10 bits per heavy atom. The number of hydrogen-bond acceptors (Lipinski definition) is 2. The molecule has 0 unspecified atom stereocenters. The van der Waals surface area contributed by atoms with Gasteiger partial charge in [0.25, 0.3) is 11.8 Å². The van der Waals surface area contributed by atoms with Crippen molar-refractivity contribution >= 4 is 34.5 Å². The van der Waals surface area contributed by atoms with E-state index in [1.807, 2.05) is 115 Å². The van der Waals surface area contributed by atoms with Gasteiger partial charge in [0, 0.05) is 27.8 Å². The number of para-hydroxylation sites is 1. The first-order chi connectivity index (χ1) is 29.9. The smallest absolute Gasteiger partial charge is 0.308 e. The van der Waals surface area contributed by atoms with E-state index in [9.17, 15) is 26.3 Å². The first kappa shape index (κ1) is 38.7. The van der Waals surface area contributed by atoms with Gasteiger partial charge in [0.05, 0.1) is 39.1 Å². The minimum absolute atomic E-state index is 0.0202. The highest BCUT2D eigenvalue weighted by Crippen LogP contribution is 2.49. The van der Waals surface area contributed by atoms with Gasteiger partial charge in [0.1, 0.15) is 0 Å². The maximum absolute atomic E-state index is 15.4. The van der Waals surface area contributed by atoms with E-state index in [4.69, 9.17) is 0 Å². The third-order valence-corrected chi connectivity index (χ3v) is 11.7. The van der Waals surface area contributed by atoms with Gasteiger partial charge in [-0.1, -0.05) is 127 Å². The van der Waals surface area contributed by atoms with Crippen LogP contribution in [0.2, 0.25) is 0 Å². The van der Waals surface area contributed by atoms with Crippen molar-refractivity contribution in [1.82, 2.24) is 4.57 Å². The Morgan fingerprint density at radius 1 is 0.500 bits per heavy atom. The molecule has 0 saturated carbocycles. The summed E-state index contributed by atoms with van der Waals surface area (Å²) in [5.41, 5.74) is 3.63. The molecule has 10 heteroatoms. The molecule has 0 radical (unpaired) electrons. The highest BCUT2D eigenvalue weighted by molar-refractivity contribution is 6.37. The summed E-state index contributed by atoms with van der Waals surface area (Å²) in [6, 6.07) is 43.9. The third kappa shape index (κ3) is 6.33. The lowest BCUT2D eigenvalue weighted by molar-refractivity contribution is -0.142. The van der Waals surface area contributed by atoms with Gasteiger partial charge in [-0.3, -0.25) is 9.59 Å². The summed E-state index contributed by atoms with van der Waals surface area (Å²) < 4.78 is 87.6. The van der Waals surface area contributed by atoms with Crippen LogP contribution in [-0.2, 0) is 18.8 Å². The van der Waals surface area contributed by atoms with Gasteiger partial charge >= 0.3 is 12.4 Å². The molecule has 0 N–H and O–H groups in total. The first-order valence-corrected chi connectivity index (χ1v) is 19.9. The Labute approximate surface area is 351 Å². The van der Waals surface area contributed by atoms with E-state index in [0.717, 1.165) is 33.9 Å². The molecular formula is C52H32F6N2O2. The largest absolute Gasteiger partial charge is 0.417 e. The number of aromatic nitrogens is 1. The lowest BCUT2D eigenvalue weighted by Crippen LogP contribution is -2.30. The Bertz CT molecular complexity index is 3070. The number of carbonyl (C=O) groups excluding carboxylic acids is 2. The molecule has 1 aliphatic heterocycles. The van der Waals surface area contributed by atoms with E-state index in [2.05, 4.69) is 0 Å². The summed E-state index contributed by atoms with van der Waals surface area (Å²) in [4.78, 5) is 31.7. The van der Waals surface area contributed by atoms with Crippen molar-refractivity contribution in [2.75, 3.05) is 4.90 Å². The molecule has 0 fully saturated rings. The normalized spacial score (nSPS) is 13.8. The number of aryl methyl sites for hydroxylation is 1. The molecule has 4 nitrogen and oxygen atoms in total. The Morgan fingerprint density at radius 3 is 1.71 bits per heavy atom. The van der Waals surface area contributed by atoms with E-state index >= 15 is 9.59 Å². The van der Waals surface area contributed by atoms with E-state index in [-0.39, 0.29) is 34.0 Å². The lowest BCUT2D eigenvalue weighted by Gasteiger charge is -2.24. The highest BCUT2D eigenvalue weighted by Gasteiger charge is 2.43. The summed E-state index contributed by atoms with van der Waals surface area (Å²) in [5.74, 6) is -1.22. The van der Waals surface area contributed by atoms with E-state index < -0.39 is 40.9 Å². The molecule has 1 aromatic heterocycles. The molecule has 0 saturated heterocycles. The van der Waals surface area contributed by atoms with Crippen molar-refractivity contribution in [3.05, 3.63) is 197 Å². The monoisotopic (exact) mass is 830 g/mol. The molecular weight excluding hydrogens is 799 g/mol. The van der Waals surface area contributed by atoms with Crippen molar-refractivity contribution in [2.24, 2.45) is 0 Å². The van der Waals surface area contributed by atoms with Crippen LogP contribution in [0.15, 0.2) is 164 Å². The second-order valence-electron chi connectivity index (χ2n) is 15.3. The average Bonchev–Trinajstić information content (AvgIpc) is 3.76. The lowest BCUT2D eigenvalue weighted by atomic mass is 9.90. The standard InChI is InChI=1S/C52H32F6N2O2/c53-51(54,55)35-26-27-36(43(30-35)52(56,57)58)38-21-12-22-39-37-20-10-11-24-44(37)59(47(38)39)45-25-13-23-40-46(45)50(62)60(49(40)61)48-41(32-16-6-2-7-17-32)28-34(31-14-4-1-5-15-31)29-42(48)33-18-8-3-9-19-33/h1-9,11-19,21-30H,10,20H2. The van der Waals surface area contributed by atoms with Gasteiger partial charge in [-0.05, 0) is 88.7 Å². The van der Waals surface area contributed by atoms with Crippen molar-refractivity contribution in [3.63, 3.8) is 0 Å². The van der Waals surface area contributed by atoms with Crippen molar-refractivity contribution in [1.29, 1.82) is 0 Å². The number of allylic oxidation sites excluding steroid dienone is 1. The molecule has 62 heavy (non-hydrogen) atoms. The molecule has 0 atom stereocenters. The van der Waals surface area contributed by atoms with Crippen molar-refractivity contribution < 1.29 is 35.9 Å². The maximum Gasteiger partial charge on any atom is 0.417 e. The number of hydrogen-bond donors (Lipinski definition) is 0. The Kier molecular flexibility index (Phi) is 9.13. The minimum Gasteiger partial charge on any atom is -0.308 e. The number of halogens is 6. The molecule has 2 aliphatic rings. The molecule has 0 spiro atoms. The molecule has 2 amide bonds. The van der Waals surface area contributed by atoms with Gasteiger partial charge in [0.2, 0.25) is 0 Å². The number of anilines is 1. The number of fused-ring (bicyclic) bond motifs is 4. The molecule has 304 valence electrons. The number of alkyl halides is 6. The number of amides is 2. The van der Waals surface area contributed by atoms with Crippen LogP contribution in [-0.4, -0.2) is 16.4 Å². The number of carbonyl (C=O) groups is 2. The SMILES string of the molecule is O=C1c2cccc(-n3c4c(c5cccc(-c6ccc(C(F)(F)F)cc6C(F)(F)F)c53)CCC=C4)c2C(=O)N1c1c(-c2ccccc2)cc(-c2ccccc2)cc1-c1ccccc1. The molecule has 8 aromatic rings. The fourth-order valence-electron chi connectivity index (χ4n) is 8.94. The fourth-order valence-corrected chi connectivity index (χ4v) is 8.94. The van der Waals surface area contributed by atoms with E-state index in [1.54, 1.807) is 34.9 Å². The third-order valence-electron chi connectivity index (χ3n) is 11.7. The quantitative estimate of drug-likeness (QED) is 0.124. The number of imide groups is 1. The van der Waals surface area contributed by atoms with Crippen molar-refractivity contribution in [3.8, 4) is 50.2 Å². The average molecular weight is 831 g/mol. The van der Waals surface area contributed by atoms with Gasteiger partial charge in [-0.25, -0.2) is 4.90 Å².